The second kappa shape index (κ2) is 7.42. The number of carbonyl (C=O) groups is 2. The van der Waals surface area contributed by atoms with Gasteiger partial charge in [0, 0.05) is 18.7 Å². The van der Waals surface area contributed by atoms with Crippen LogP contribution in [0.1, 0.15) is 18.4 Å². The number of hydrogen-bond donors (Lipinski definition) is 1. The Labute approximate surface area is 162 Å². The number of nitrogens with zero attached hydrogens (tertiary/aromatic N) is 2. The average molecular weight is 381 g/mol. The molecule has 0 bridgehead atoms. The van der Waals surface area contributed by atoms with Crippen LogP contribution in [0.2, 0.25) is 0 Å². The molecular weight excluding hydrogens is 361 g/mol. The minimum atomic E-state index is -0.806. The van der Waals surface area contributed by atoms with Crippen LogP contribution in [0.3, 0.4) is 0 Å². The monoisotopic (exact) mass is 381 g/mol. The molecule has 2 amide bonds. The number of benzene rings is 2. The van der Waals surface area contributed by atoms with E-state index in [0.717, 1.165) is 5.56 Å². The molecule has 1 fully saturated rings. The minimum absolute atomic E-state index is 0.110. The number of nitrogens with one attached hydrogen (secondary N) is 1. The molecule has 2 aromatic rings. The molecule has 0 radical (unpaired) electrons. The van der Waals surface area contributed by atoms with Gasteiger partial charge >= 0.3 is 0 Å². The highest BCUT2D eigenvalue weighted by Gasteiger charge is 2.46. The van der Waals surface area contributed by atoms with Crippen LogP contribution in [-0.4, -0.2) is 47.8 Å². The van der Waals surface area contributed by atoms with Crippen LogP contribution in [0, 0.1) is 5.82 Å². The largest absolute Gasteiger partial charge is 0.484 e. The molecule has 2 aliphatic heterocycles. The van der Waals surface area contributed by atoms with E-state index in [9.17, 15) is 14.0 Å². The summed E-state index contributed by atoms with van der Waals surface area (Å²) in [6, 6.07) is 15.1. The van der Waals surface area contributed by atoms with Gasteiger partial charge < -0.3 is 15.0 Å². The molecule has 0 unspecified atom stereocenters. The van der Waals surface area contributed by atoms with Gasteiger partial charge in [-0.2, -0.15) is 0 Å². The highest BCUT2D eigenvalue weighted by atomic mass is 19.1. The van der Waals surface area contributed by atoms with Crippen molar-refractivity contribution in [3.63, 3.8) is 0 Å². The van der Waals surface area contributed by atoms with Crippen molar-refractivity contribution in [2.24, 2.45) is 4.99 Å². The maximum absolute atomic E-state index is 12.9. The fraction of sp³-hybridized carbons (Fsp3) is 0.286. The molecule has 2 aliphatic rings. The zero-order valence-corrected chi connectivity index (χ0v) is 15.2. The van der Waals surface area contributed by atoms with Gasteiger partial charge in [0.05, 0.1) is 0 Å². The van der Waals surface area contributed by atoms with Gasteiger partial charge in [-0.3, -0.25) is 14.6 Å². The summed E-state index contributed by atoms with van der Waals surface area (Å²) in [5, 5.41) is 2.88. The van der Waals surface area contributed by atoms with Gasteiger partial charge in [-0.15, -0.1) is 0 Å². The predicted octanol–water partition coefficient (Wildman–Crippen LogP) is 2.14. The molecule has 1 spiro atoms. The molecule has 2 heterocycles. The Morgan fingerprint density at radius 1 is 1.11 bits per heavy atom. The van der Waals surface area contributed by atoms with Crippen LogP contribution in [0.5, 0.6) is 5.75 Å². The number of likely N-dealkylation sites (tertiary alicyclic amines) is 1. The average Bonchev–Trinajstić information content (AvgIpc) is 3.04. The Kier molecular flexibility index (Phi) is 4.81. The molecule has 144 valence electrons. The van der Waals surface area contributed by atoms with Crippen LogP contribution in [0.4, 0.5) is 4.39 Å². The lowest BCUT2D eigenvalue weighted by Crippen LogP contribution is -2.51. The highest BCUT2D eigenvalue weighted by molar-refractivity contribution is 6.15. The van der Waals surface area contributed by atoms with Crippen LogP contribution in [0.15, 0.2) is 59.6 Å². The number of halogens is 1. The van der Waals surface area contributed by atoms with Gasteiger partial charge in [-0.1, -0.05) is 30.3 Å². The number of aliphatic imine (C=N–C) groups is 1. The van der Waals surface area contributed by atoms with Crippen molar-refractivity contribution in [3.05, 3.63) is 66.0 Å². The van der Waals surface area contributed by atoms with Gasteiger partial charge in [-0.05, 0) is 37.1 Å². The molecule has 4 rings (SSSR count). The number of hydrogen-bond acceptors (Lipinski definition) is 4. The second-order valence-corrected chi connectivity index (χ2v) is 6.94. The van der Waals surface area contributed by atoms with E-state index in [1.165, 1.54) is 24.3 Å². The van der Waals surface area contributed by atoms with Crippen LogP contribution in [-0.2, 0) is 9.59 Å². The third kappa shape index (κ3) is 3.60. The number of amides is 2. The molecule has 6 nitrogen and oxygen atoms in total. The van der Waals surface area contributed by atoms with Crippen molar-refractivity contribution < 1.29 is 18.7 Å². The van der Waals surface area contributed by atoms with E-state index in [1.807, 2.05) is 30.3 Å². The Balaban J connectivity index is 1.36. The number of piperidine rings is 1. The third-order valence-corrected chi connectivity index (χ3v) is 5.15. The third-order valence-electron chi connectivity index (χ3n) is 5.15. The summed E-state index contributed by atoms with van der Waals surface area (Å²) in [4.78, 5) is 31.3. The summed E-state index contributed by atoms with van der Waals surface area (Å²) in [5.74, 6) is 0.400. The lowest BCUT2D eigenvalue weighted by molar-refractivity contribution is -0.137. The summed E-state index contributed by atoms with van der Waals surface area (Å²) < 4.78 is 18.3. The first kappa shape index (κ1) is 18.2. The Morgan fingerprint density at radius 2 is 1.79 bits per heavy atom. The van der Waals surface area contributed by atoms with E-state index in [-0.39, 0.29) is 24.2 Å². The summed E-state index contributed by atoms with van der Waals surface area (Å²) in [7, 11) is 0. The molecule has 0 atom stereocenters. The maximum Gasteiger partial charge on any atom is 0.260 e. The molecule has 28 heavy (non-hydrogen) atoms. The zero-order chi connectivity index (χ0) is 19.6. The molecular formula is C21H20FN3O3. The summed E-state index contributed by atoms with van der Waals surface area (Å²) in [6.45, 7) is 0.749. The summed E-state index contributed by atoms with van der Waals surface area (Å²) in [6.07, 6.45) is 0.939. The first-order chi connectivity index (χ1) is 13.6. The van der Waals surface area contributed by atoms with Gasteiger partial charge in [-0.25, -0.2) is 4.39 Å². The first-order valence-corrected chi connectivity index (χ1v) is 9.19. The fourth-order valence-corrected chi connectivity index (χ4v) is 3.48. The quantitative estimate of drug-likeness (QED) is 0.882. The van der Waals surface area contributed by atoms with Crippen molar-refractivity contribution >= 4 is 17.6 Å². The van der Waals surface area contributed by atoms with Crippen LogP contribution >= 0.6 is 0 Å². The van der Waals surface area contributed by atoms with E-state index in [0.29, 0.717) is 37.5 Å². The van der Waals surface area contributed by atoms with E-state index >= 15 is 0 Å². The SMILES string of the molecule is O=C(COc1ccc(F)cc1)N1CCC2(CC1)N=C(c1ccccc1)NC2=O. The summed E-state index contributed by atoms with van der Waals surface area (Å²) >= 11 is 0. The maximum atomic E-state index is 12.9. The number of ether oxygens (including phenoxy) is 1. The zero-order valence-electron chi connectivity index (χ0n) is 15.2. The van der Waals surface area contributed by atoms with Gasteiger partial charge in [0.1, 0.15) is 22.9 Å². The van der Waals surface area contributed by atoms with Crippen molar-refractivity contribution in [3.8, 4) is 5.75 Å². The highest BCUT2D eigenvalue weighted by Crippen LogP contribution is 2.31. The minimum Gasteiger partial charge on any atom is -0.484 e. The van der Waals surface area contributed by atoms with Crippen molar-refractivity contribution in [2.45, 2.75) is 18.4 Å². The fourth-order valence-electron chi connectivity index (χ4n) is 3.48. The normalized spacial score (nSPS) is 18.0. The molecule has 0 aliphatic carbocycles. The molecule has 1 N–H and O–H groups in total. The van der Waals surface area contributed by atoms with Crippen LogP contribution in [0.25, 0.3) is 0 Å². The van der Waals surface area contributed by atoms with E-state index in [1.54, 1.807) is 4.90 Å². The Bertz CT molecular complexity index is 904. The van der Waals surface area contributed by atoms with Crippen molar-refractivity contribution in [2.75, 3.05) is 19.7 Å². The van der Waals surface area contributed by atoms with E-state index in [4.69, 9.17) is 4.74 Å². The molecule has 2 aromatic carbocycles. The number of carbonyl (C=O) groups excluding carboxylic acids is 2. The van der Waals surface area contributed by atoms with Gasteiger partial charge in [0.2, 0.25) is 0 Å². The topological polar surface area (TPSA) is 71.0 Å². The molecule has 0 aromatic heterocycles. The van der Waals surface area contributed by atoms with Gasteiger partial charge in [0.15, 0.2) is 6.61 Å². The molecule has 7 heteroatoms. The Hall–Kier alpha value is -3.22. The van der Waals surface area contributed by atoms with Crippen molar-refractivity contribution in [1.82, 2.24) is 10.2 Å². The van der Waals surface area contributed by atoms with Crippen LogP contribution < -0.4 is 10.1 Å². The van der Waals surface area contributed by atoms with E-state index < -0.39 is 5.54 Å². The summed E-state index contributed by atoms with van der Waals surface area (Å²) in [5.41, 5.74) is 0.0682. The van der Waals surface area contributed by atoms with E-state index in [2.05, 4.69) is 10.3 Å². The van der Waals surface area contributed by atoms with Gasteiger partial charge in [0.25, 0.3) is 11.8 Å². The lowest BCUT2D eigenvalue weighted by atomic mass is 9.88. The molecule has 1 saturated heterocycles. The lowest BCUT2D eigenvalue weighted by Gasteiger charge is -2.35. The number of rotatable bonds is 4. The first-order valence-electron chi connectivity index (χ1n) is 9.19. The Morgan fingerprint density at radius 3 is 2.46 bits per heavy atom. The smallest absolute Gasteiger partial charge is 0.260 e. The van der Waals surface area contributed by atoms with Crippen molar-refractivity contribution in [1.29, 1.82) is 0 Å². The standard InChI is InChI=1S/C21H20FN3O3/c22-16-6-8-17(9-7-16)28-14-18(26)25-12-10-21(11-13-25)20(27)23-19(24-21)15-4-2-1-3-5-15/h1-9H,10-14H2,(H,23,24,27). The number of amidine groups is 1. The second-order valence-electron chi connectivity index (χ2n) is 6.94. The predicted molar refractivity (Wildman–Crippen MR) is 102 cm³/mol. The molecule has 0 saturated carbocycles.